The van der Waals surface area contributed by atoms with Crippen molar-refractivity contribution in [2.45, 2.75) is 11.4 Å². The molecule has 0 atom stereocenters. The molecule has 2 N–H and O–H groups in total. The molecular formula is C8H9BrN4O2S3. The highest BCUT2D eigenvalue weighted by Gasteiger charge is 2.21. The summed E-state index contributed by atoms with van der Waals surface area (Å²) in [7, 11) is -1.81. The molecule has 10 heteroatoms. The lowest BCUT2D eigenvalue weighted by Crippen LogP contribution is -2.12. The molecule has 0 spiro atoms. The number of halogens is 1. The Hall–Kier alpha value is -0.550. The van der Waals surface area contributed by atoms with Gasteiger partial charge in [0.1, 0.15) is 10.4 Å². The summed E-state index contributed by atoms with van der Waals surface area (Å²) in [6, 6.07) is 1.63. The van der Waals surface area contributed by atoms with Crippen LogP contribution in [0.5, 0.6) is 0 Å². The number of thiophene rings is 1. The predicted molar refractivity (Wildman–Crippen MR) is 75.5 cm³/mol. The minimum absolute atomic E-state index is 0.216. The molecule has 0 saturated heterocycles. The topological polar surface area (TPSA) is 84.0 Å². The van der Waals surface area contributed by atoms with Crippen molar-refractivity contribution in [3.05, 3.63) is 20.2 Å². The number of anilines is 1. The molecule has 0 aliphatic rings. The molecule has 2 aromatic heterocycles. The maximum absolute atomic E-state index is 12.1. The third-order valence-corrected chi connectivity index (χ3v) is 6.26. The highest BCUT2D eigenvalue weighted by Crippen LogP contribution is 2.32. The molecule has 0 saturated carbocycles. The van der Waals surface area contributed by atoms with Crippen LogP contribution in [0, 0.1) is 0 Å². The van der Waals surface area contributed by atoms with E-state index in [0.29, 0.717) is 10.3 Å². The van der Waals surface area contributed by atoms with Crippen molar-refractivity contribution in [3.8, 4) is 0 Å². The van der Waals surface area contributed by atoms with E-state index >= 15 is 0 Å². The van der Waals surface area contributed by atoms with E-state index in [-0.39, 0.29) is 10.0 Å². The fraction of sp³-hybridized carbons (Fsp3) is 0.250. The van der Waals surface area contributed by atoms with E-state index in [1.165, 1.54) is 16.8 Å². The summed E-state index contributed by atoms with van der Waals surface area (Å²) in [4.78, 5) is 1.15. The first-order chi connectivity index (χ1) is 8.53. The largest absolute Gasteiger partial charge is 0.315 e. The zero-order valence-electron chi connectivity index (χ0n) is 9.18. The maximum Gasteiger partial charge on any atom is 0.265 e. The molecule has 0 unspecified atom stereocenters. The van der Waals surface area contributed by atoms with Gasteiger partial charge < -0.3 is 5.32 Å². The van der Waals surface area contributed by atoms with Gasteiger partial charge in [-0.2, -0.15) is 0 Å². The zero-order valence-corrected chi connectivity index (χ0v) is 13.2. The highest BCUT2D eigenvalue weighted by molar-refractivity contribution is 9.11. The summed E-state index contributed by atoms with van der Waals surface area (Å²) in [5.41, 5.74) is 1.47. The van der Waals surface area contributed by atoms with Gasteiger partial charge in [0.2, 0.25) is 5.13 Å². The van der Waals surface area contributed by atoms with Crippen LogP contribution in [0.4, 0.5) is 5.13 Å². The van der Waals surface area contributed by atoms with Gasteiger partial charge in [0, 0.05) is 11.4 Å². The number of nitrogens with zero attached hydrogens (tertiary/aromatic N) is 2. The number of hydrogen-bond acceptors (Lipinski definition) is 7. The summed E-state index contributed by atoms with van der Waals surface area (Å²) < 4.78 is 27.2. The quantitative estimate of drug-likeness (QED) is 0.841. The van der Waals surface area contributed by atoms with Crippen LogP contribution in [0.1, 0.15) is 4.88 Å². The maximum atomic E-state index is 12.1. The van der Waals surface area contributed by atoms with Crippen LogP contribution < -0.4 is 10.0 Å². The van der Waals surface area contributed by atoms with Gasteiger partial charge in [0.15, 0.2) is 0 Å². The van der Waals surface area contributed by atoms with Crippen LogP contribution in [0.25, 0.3) is 0 Å². The summed E-state index contributed by atoms with van der Waals surface area (Å²) >= 11 is 5.78. The second-order valence-corrected chi connectivity index (χ2v) is 8.17. The Kier molecular flexibility index (Phi) is 4.33. The van der Waals surface area contributed by atoms with Gasteiger partial charge in [-0.25, -0.2) is 8.42 Å². The minimum Gasteiger partial charge on any atom is -0.315 e. The Morgan fingerprint density at radius 3 is 2.89 bits per heavy atom. The lowest BCUT2D eigenvalue weighted by Gasteiger charge is -2.02. The number of sulfonamides is 1. The second kappa shape index (κ2) is 5.61. The molecule has 0 amide bonds. The monoisotopic (exact) mass is 368 g/mol. The van der Waals surface area contributed by atoms with Crippen molar-refractivity contribution < 1.29 is 8.42 Å². The molecule has 0 aliphatic heterocycles. The van der Waals surface area contributed by atoms with E-state index in [1.54, 1.807) is 13.1 Å². The molecule has 18 heavy (non-hydrogen) atoms. The summed E-state index contributed by atoms with van der Waals surface area (Å²) in [6.07, 6.45) is 0. The van der Waals surface area contributed by atoms with Crippen molar-refractivity contribution in [2.24, 2.45) is 0 Å². The van der Waals surface area contributed by atoms with Crippen LogP contribution in [0.2, 0.25) is 0 Å². The SMILES string of the molecule is CNCc1cc(S(=O)(=O)Nc2nncs2)c(Br)s1. The van der Waals surface area contributed by atoms with Crippen LogP contribution >= 0.6 is 38.6 Å². The molecule has 6 nitrogen and oxygen atoms in total. The number of nitrogens with one attached hydrogen (secondary N) is 2. The van der Waals surface area contributed by atoms with Gasteiger partial charge in [0.25, 0.3) is 10.0 Å². The fourth-order valence-electron chi connectivity index (χ4n) is 1.23. The number of hydrogen-bond donors (Lipinski definition) is 2. The Morgan fingerprint density at radius 1 is 1.50 bits per heavy atom. The number of rotatable bonds is 5. The van der Waals surface area contributed by atoms with Gasteiger partial charge in [-0.05, 0) is 29.0 Å². The van der Waals surface area contributed by atoms with Crippen molar-refractivity contribution >= 4 is 53.8 Å². The zero-order chi connectivity index (χ0) is 13.2. The molecule has 2 heterocycles. The van der Waals surface area contributed by atoms with E-state index < -0.39 is 10.0 Å². The van der Waals surface area contributed by atoms with Crippen molar-refractivity contribution in [1.82, 2.24) is 15.5 Å². The molecule has 0 aliphatic carbocycles. The standard InChI is InChI=1S/C8H9BrN4O2S3/c1-10-3-5-2-6(7(9)17-5)18(14,15)13-8-12-11-4-16-8/h2,4,10H,3H2,1H3,(H,12,13). The Balaban J connectivity index is 2.29. The lowest BCUT2D eigenvalue weighted by atomic mass is 10.5. The molecule has 0 radical (unpaired) electrons. The molecule has 2 aromatic rings. The van der Waals surface area contributed by atoms with E-state index in [2.05, 4.69) is 36.2 Å². The van der Waals surface area contributed by atoms with Crippen molar-refractivity contribution in [3.63, 3.8) is 0 Å². The third-order valence-electron chi connectivity index (χ3n) is 1.93. The average molecular weight is 369 g/mol. The first-order valence-corrected chi connectivity index (χ1v) is 8.72. The van der Waals surface area contributed by atoms with Crippen LogP contribution in [0.3, 0.4) is 0 Å². The van der Waals surface area contributed by atoms with E-state index in [0.717, 1.165) is 16.2 Å². The van der Waals surface area contributed by atoms with Gasteiger partial charge in [-0.15, -0.1) is 21.5 Å². The predicted octanol–water partition coefficient (Wildman–Crippen LogP) is 1.88. The highest BCUT2D eigenvalue weighted by atomic mass is 79.9. The Labute approximate surface area is 121 Å². The lowest BCUT2D eigenvalue weighted by molar-refractivity contribution is 0.601. The smallest absolute Gasteiger partial charge is 0.265 e. The normalized spacial score (nSPS) is 11.7. The van der Waals surface area contributed by atoms with Gasteiger partial charge in [0.05, 0.1) is 3.79 Å². The number of aromatic nitrogens is 2. The minimum atomic E-state index is -3.62. The van der Waals surface area contributed by atoms with E-state index in [4.69, 9.17) is 0 Å². The first-order valence-electron chi connectivity index (χ1n) is 4.74. The Morgan fingerprint density at radius 2 is 2.28 bits per heavy atom. The second-order valence-electron chi connectivity index (χ2n) is 3.23. The fourth-order valence-corrected chi connectivity index (χ4v) is 5.62. The van der Waals surface area contributed by atoms with Crippen molar-refractivity contribution in [1.29, 1.82) is 0 Å². The van der Waals surface area contributed by atoms with E-state index in [9.17, 15) is 8.42 Å². The molecule has 98 valence electrons. The van der Waals surface area contributed by atoms with Gasteiger partial charge in [-0.1, -0.05) is 11.3 Å². The third kappa shape index (κ3) is 3.06. The van der Waals surface area contributed by atoms with Crippen molar-refractivity contribution in [2.75, 3.05) is 11.8 Å². The average Bonchev–Trinajstić information content (AvgIpc) is 2.88. The summed E-state index contributed by atoms with van der Waals surface area (Å²) in [5.74, 6) is 0. The molecule has 0 aromatic carbocycles. The summed E-state index contributed by atoms with van der Waals surface area (Å²) in [5, 5.41) is 10.5. The van der Waals surface area contributed by atoms with Gasteiger partial charge >= 0.3 is 0 Å². The molecule has 0 fully saturated rings. The summed E-state index contributed by atoms with van der Waals surface area (Å²) in [6.45, 7) is 0.623. The van der Waals surface area contributed by atoms with Crippen LogP contribution in [-0.2, 0) is 16.6 Å². The molecule has 2 rings (SSSR count). The van der Waals surface area contributed by atoms with Crippen LogP contribution in [0.15, 0.2) is 20.3 Å². The van der Waals surface area contributed by atoms with Gasteiger partial charge in [-0.3, -0.25) is 4.72 Å². The van der Waals surface area contributed by atoms with Crippen LogP contribution in [-0.4, -0.2) is 25.7 Å². The Bertz CT molecular complexity index is 623. The first kappa shape index (κ1) is 13.9. The van der Waals surface area contributed by atoms with E-state index in [1.807, 2.05) is 0 Å². The molecule has 0 bridgehead atoms. The molecular weight excluding hydrogens is 360 g/mol.